The van der Waals surface area contributed by atoms with Crippen LogP contribution in [0.25, 0.3) is 0 Å². The summed E-state index contributed by atoms with van der Waals surface area (Å²) in [7, 11) is 0. The molecule has 1 amide bonds. The third-order valence-electron chi connectivity index (χ3n) is 2.92. The van der Waals surface area contributed by atoms with E-state index >= 15 is 0 Å². The number of unbranched alkanes of at least 4 members (excludes halogenated alkanes) is 7. The Bertz CT molecular complexity index is 279. The molecule has 0 aliphatic rings. The monoisotopic (exact) mass is 285 g/mol. The number of amides is 1. The van der Waals surface area contributed by atoms with Crippen LogP contribution in [0.2, 0.25) is 0 Å². The summed E-state index contributed by atoms with van der Waals surface area (Å²) in [5, 5.41) is 11.2. The van der Waals surface area contributed by atoms with E-state index < -0.39 is 5.97 Å². The predicted octanol–water partition coefficient (Wildman–Crippen LogP) is 3.49. The van der Waals surface area contributed by atoms with E-state index in [1.165, 1.54) is 12.5 Å². The molecule has 20 heavy (non-hydrogen) atoms. The third kappa shape index (κ3) is 14.5. The second-order valence-corrected chi connectivity index (χ2v) is 4.79. The molecule has 5 heteroatoms. The van der Waals surface area contributed by atoms with Gasteiger partial charge in [0.25, 0.3) is 0 Å². The average molecular weight is 285 g/mol. The molecule has 0 spiro atoms. The van der Waals surface area contributed by atoms with E-state index in [0.29, 0.717) is 6.54 Å². The number of ether oxygens (including phenoxy) is 1. The zero-order valence-corrected chi connectivity index (χ0v) is 12.2. The van der Waals surface area contributed by atoms with Crippen molar-refractivity contribution in [2.45, 2.75) is 57.8 Å². The second-order valence-electron chi connectivity index (χ2n) is 4.79. The van der Waals surface area contributed by atoms with E-state index in [1.54, 1.807) is 0 Å². The van der Waals surface area contributed by atoms with Crippen LogP contribution in [0.3, 0.4) is 0 Å². The van der Waals surface area contributed by atoms with Crippen molar-refractivity contribution in [3.8, 4) is 0 Å². The van der Waals surface area contributed by atoms with Gasteiger partial charge in [-0.05, 0) is 12.8 Å². The van der Waals surface area contributed by atoms with Crippen LogP contribution in [0.5, 0.6) is 0 Å². The maximum atomic E-state index is 11.1. The summed E-state index contributed by atoms with van der Waals surface area (Å²) in [6.45, 7) is 4.36. The lowest BCUT2D eigenvalue weighted by Crippen LogP contribution is -2.25. The van der Waals surface area contributed by atoms with Gasteiger partial charge >= 0.3 is 12.1 Å². The highest BCUT2D eigenvalue weighted by atomic mass is 16.5. The summed E-state index contributed by atoms with van der Waals surface area (Å²) in [5.74, 6) is -0.705. The molecule has 0 aromatic heterocycles. The van der Waals surface area contributed by atoms with Crippen molar-refractivity contribution in [3.05, 3.63) is 12.7 Å². The van der Waals surface area contributed by atoms with Crippen LogP contribution in [-0.4, -0.2) is 30.3 Å². The number of carbonyl (C=O) groups is 2. The Morgan fingerprint density at radius 3 is 2.10 bits per heavy atom. The Balaban J connectivity index is 3.11. The molecule has 0 radical (unpaired) electrons. The maximum Gasteiger partial charge on any atom is 0.407 e. The van der Waals surface area contributed by atoms with Gasteiger partial charge in [0.05, 0.1) is 0 Å². The molecule has 0 fully saturated rings. The van der Waals surface area contributed by atoms with Gasteiger partial charge in [0.2, 0.25) is 0 Å². The number of hydrogen-bond donors (Lipinski definition) is 2. The molecular weight excluding hydrogens is 258 g/mol. The fourth-order valence-corrected chi connectivity index (χ4v) is 1.84. The fourth-order valence-electron chi connectivity index (χ4n) is 1.84. The molecular formula is C15H27NO4. The molecule has 0 saturated heterocycles. The van der Waals surface area contributed by atoms with Gasteiger partial charge in [0.15, 0.2) is 0 Å². The molecule has 0 saturated carbocycles. The standard InChI is InChI=1S/C15H27NO4/c1-2-13-20-15(19)16-12-10-8-6-4-3-5-7-9-11-14(17)18/h2H,1,3-13H2,(H,16,19)(H,17,18). The number of alkyl carbamates (subject to hydrolysis) is 1. The minimum Gasteiger partial charge on any atom is -0.481 e. The van der Waals surface area contributed by atoms with E-state index in [2.05, 4.69) is 11.9 Å². The number of carboxylic acids is 1. The van der Waals surface area contributed by atoms with Crippen LogP contribution < -0.4 is 5.32 Å². The summed E-state index contributed by atoms with van der Waals surface area (Å²) in [6.07, 6.45) is 9.88. The first-order chi connectivity index (χ1) is 9.66. The smallest absolute Gasteiger partial charge is 0.407 e. The Kier molecular flexibility index (Phi) is 12.8. The fraction of sp³-hybridized carbons (Fsp3) is 0.733. The minimum atomic E-state index is -0.705. The predicted molar refractivity (Wildman–Crippen MR) is 78.7 cm³/mol. The molecule has 0 aliphatic carbocycles. The minimum absolute atomic E-state index is 0.244. The molecule has 0 aromatic carbocycles. The Hall–Kier alpha value is -1.52. The molecule has 0 atom stereocenters. The first-order valence-corrected chi connectivity index (χ1v) is 7.40. The SMILES string of the molecule is C=CCOC(=O)NCCCCCCCCCCC(=O)O. The molecule has 2 N–H and O–H groups in total. The highest BCUT2D eigenvalue weighted by Gasteiger charge is 1.99. The molecule has 0 aliphatic heterocycles. The quantitative estimate of drug-likeness (QED) is 0.401. The van der Waals surface area contributed by atoms with Gasteiger partial charge in [-0.15, -0.1) is 0 Å². The maximum absolute atomic E-state index is 11.1. The average Bonchev–Trinajstić information content (AvgIpc) is 2.42. The Labute approximate surface area is 121 Å². The zero-order chi connectivity index (χ0) is 15.1. The van der Waals surface area contributed by atoms with E-state index in [0.717, 1.165) is 44.9 Å². The van der Waals surface area contributed by atoms with E-state index in [1.807, 2.05) is 0 Å². The van der Waals surface area contributed by atoms with Gasteiger partial charge in [-0.3, -0.25) is 4.79 Å². The van der Waals surface area contributed by atoms with Crippen molar-refractivity contribution in [1.82, 2.24) is 5.32 Å². The van der Waals surface area contributed by atoms with Gasteiger partial charge in [0, 0.05) is 13.0 Å². The first-order valence-electron chi connectivity index (χ1n) is 7.40. The summed E-state index contributed by atoms with van der Waals surface area (Å²) in [4.78, 5) is 21.4. The van der Waals surface area contributed by atoms with Crippen molar-refractivity contribution < 1.29 is 19.4 Å². The number of carboxylic acid groups (broad SMARTS) is 1. The first kappa shape index (κ1) is 18.5. The van der Waals surface area contributed by atoms with E-state index in [-0.39, 0.29) is 19.1 Å². The molecule has 0 unspecified atom stereocenters. The van der Waals surface area contributed by atoms with Crippen LogP contribution in [0.1, 0.15) is 57.8 Å². The zero-order valence-electron chi connectivity index (χ0n) is 12.2. The Morgan fingerprint density at radius 1 is 1.00 bits per heavy atom. The lowest BCUT2D eigenvalue weighted by Gasteiger charge is -2.05. The number of rotatable bonds is 13. The normalized spacial score (nSPS) is 10.0. The summed E-state index contributed by atoms with van der Waals surface area (Å²) in [6, 6.07) is 0. The number of hydrogen-bond acceptors (Lipinski definition) is 3. The van der Waals surface area contributed by atoms with Crippen molar-refractivity contribution >= 4 is 12.1 Å². The van der Waals surface area contributed by atoms with Gasteiger partial charge in [0.1, 0.15) is 6.61 Å². The molecule has 0 aromatic rings. The molecule has 116 valence electrons. The van der Waals surface area contributed by atoms with Crippen LogP contribution in [0, 0.1) is 0 Å². The van der Waals surface area contributed by atoms with Gasteiger partial charge in [-0.25, -0.2) is 4.79 Å². The number of nitrogens with one attached hydrogen (secondary N) is 1. The highest BCUT2D eigenvalue weighted by molar-refractivity contribution is 5.67. The van der Waals surface area contributed by atoms with Crippen LogP contribution in [0.4, 0.5) is 4.79 Å². The topological polar surface area (TPSA) is 75.6 Å². The van der Waals surface area contributed by atoms with Gasteiger partial charge in [-0.2, -0.15) is 0 Å². The van der Waals surface area contributed by atoms with Gasteiger partial charge < -0.3 is 15.2 Å². The molecule has 0 heterocycles. The number of aliphatic carboxylic acids is 1. The third-order valence-corrected chi connectivity index (χ3v) is 2.92. The lowest BCUT2D eigenvalue weighted by atomic mass is 10.1. The van der Waals surface area contributed by atoms with Crippen LogP contribution in [0.15, 0.2) is 12.7 Å². The number of carbonyl (C=O) groups excluding carboxylic acids is 1. The van der Waals surface area contributed by atoms with Crippen molar-refractivity contribution in [3.63, 3.8) is 0 Å². The summed E-state index contributed by atoms with van der Waals surface area (Å²) < 4.78 is 4.78. The van der Waals surface area contributed by atoms with Gasteiger partial charge in [-0.1, -0.05) is 51.2 Å². The van der Waals surface area contributed by atoms with E-state index in [4.69, 9.17) is 9.84 Å². The molecule has 5 nitrogen and oxygen atoms in total. The molecule has 0 bridgehead atoms. The highest BCUT2D eigenvalue weighted by Crippen LogP contribution is 2.09. The van der Waals surface area contributed by atoms with E-state index in [9.17, 15) is 9.59 Å². The van der Waals surface area contributed by atoms with Crippen molar-refractivity contribution in [2.75, 3.05) is 13.2 Å². The van der Waals surface area contributed by atoms with Crippen molar-refractivity contribution in [2.24, 2.45) is 0 Å². The second kappa shape index (κ2) is 13.9. The lowest BCUT2D eigenvalue weighted by molar-refractivity contribution is -0.137. The summed E-state index contributed by atoms with van der Waals surface area (Å²) >= 11 is 0. The van der Waals surface area contributed by atoms with Crippen LogP contribution in [-0.2, 0) is 9.53 Å². The largest absolute Gasteiger partial charge is 0.481 e. The Morgan fingerprint density at radius 2 is 1.55 bits per heavy atom. The van der Waals surface area contributed by atoms with Crippen molar-refractivity contribution in [1.29, 1.82) is 0 Å². The summed E-state index contributed by atoms with van der Waals surface area (Å²) in [5.41, 5.74) is 0. The van der Waals surface area contributed by atoms with Crippen LogP contribution >= 0.6 is 0 Å². The molecule has 0 rings (SSSR count).